The molecule has 4 rings (SSSR count). The Morgan fingerprint density at radius 3 is 2.19 bits per heavy atom. The highest BCUT2D eigenvalue weighted by atomic mass is 19.1. The highest BCUT2D eigenvalue weighted by Crippen LogP contribution is 2.35. The van der Waals surface area contributed by atoms with Crippen LogP contribution in [0.4, 0.5) is 21.5 Å². The number of anilines is 2. The van der Waals surface area contributed by atoms with Gasteiger partial charge in [0.05, 0.1) is 16.2 Å². The van der Waals surface area contributed by atoms with Crippen LogP contribution in [-0.4, -0.2) is 16.7 Å². The second kappa shape index (κ2) is 7.83. The van der Waals surface area contributed by atoms with E-state index in [1.807, 2.05) is 19.1 Å². The molecule has 0 saturated carbocycles. The molecule has 1 heterocycles. The van der Waals surface area contributed by atoms with Crippen molar-refractivity contribution in [2.75, 3.05) is 10.2 Å². The molecule has 31 heavy (non-hydrogen) atoms. The molecular weight excluding hydrogens is 401 g/mol. The lowest BCUT2D eigenvalue weighted by Gasteiger charge is -2.16. The first-order chi connectivity index (χ1) is 14.9. The Hall–Kier alpha value is -4.33. The van der Waals surface area contributed by atoms with Gasteiger partial charge in [0.1, 0.15) is 11.5 Å². The van der Waals surface area contributed by atoms with Gasteiger partial charge in [-0.15, -0.1) is 0 Å². The van der Waals surface area contributed by atoms with Crippen LogP contribution in [0.25, 0.3) is 5.57 Å². The molecule has 1 aliphatic heterocycles. The number of benzene rings is 3. The van der Waals surface area contributed by atoms with Gasteiger partial charge in [-0.2, -0.15) is 0 Å². The zero-order valence-electron chi connectivity index (χ0n) is 16.3. The molecule has 3 aromatic carbocycles. The zero-order chi connectivity index (χ0) is 22.1. The second-order valence-electron chi connectivity index (χ2n) is 6.89. The quantitative estimate of drug-likeness (QED) is 0.376. The number of nitrogens with one attached hydrogen (secondary N) is 1. The van der Waals surface area contributed by atoms with Crippen molar-refractivity contribution in [2.45, 2.75) is 6.92 Å². The molecule has 1 aliphatic rings. The Labute approximate surface area is 176 Å². The summed E-state index contributed by atoms with van der Waals surface area (Å²) in [4.78, 5) is 37.7. The van der Waals surface area contributed by atoms with E-state index in [4.69, 9.17) is 0 Å². The van der Waals surface area contributed by atoms with Gasteiger partial charge in [0, 0.05) is 17.8 Å². The molecule has 0 unspecified atom stereocenters. The van der Waals surface area contributed by atoms with Crippen LogP contribution in [-0.2, 0) is 9.59 Å². The molecule has 0 aliphatic carbocycles. The summed E-state index contributed by atoms with van der Waals surface area (Å²) in [6, 6.07) is 18.0. The third-order valence-corrected chi connectivity index (χ3v) is 4.95. The molecule has 0 bridgehead atoms. The third-order valence-electron chi connectivity index (χ3n) is 4.95. The number of aryl methyl sites for hydroxylation is 1. The standard InChI is InChI=1S/C23H16FN3O4/c1-14-6-2-4-8-18(14)25-21-20(15-10-12-16(13-11-15)27(30)31)22(28)26(23(21)29)19-9-5-3-7-17(19)24/h2-13,25H,1H3. The summed E-state index contributed by atoms with van der Waals surface area (Å²) in [7, 11) is 0. The molecule has 3 aromatic rings. The number of nitro benzene ring substituents is 1. The van der Waals surface area contributed by atoms with E-state index < -0.39 is 22.6 Å². The summed E-state index contributed by atoms with van der Waals surface area (Å²) < 4.78 is 14.4. The molecule has 7 nitrogen and oxygen atoms in total. The number of hydrogen-bond acceptors (Lipinski definition) is 5. The third kappa shape index (κ3) is 3.55. The van der Waals surface area contributed by atoms with Gasteiger partial charge in [0.15, 0.2) is 0 Å². The predicted octanol–water partition coefficient (Wildman–Crippen LogP) is 4.44. The summed E-state index contributed by atoms with van der Waals surface area (Å²) in [6.45, 7) is 1.84. The monoisotopic (exact) mass is 417 g/mol. The molecule has 1 N–H and O–H groups in total. The predicted molar refractivity (Wildman–Crippen MR) is 114 cm³/mol. The minimum atomic E-state index is -0.722. The maximum atomic E-state index is 14.4. The second-order valence-corrected chi connectivity index (χ2v) is 6.89. The van der Waals surface area contributed by atoms with Crippen molar-refractivity contribution in [3.63, 3.8) is 0 Å². The largest absolute Gasteiger partial charge is 0.350 e. The summed E-state index contributed by atoms with van der Waals surface area (Å²) in [5, 5.41) is 14.0. The minimum Gasteiger partial charge on any atom is -0.350 e. The molecule has 0 radical (unpaired) electrons. The van der Waals surface area contributed by atoms with E-state index in [0.29, 0.717) is 11.3 Å². The van der Waals surface area contributed by atoms with E-state index in [2.05, 4.69) is 5.32 Å². The molecular formula is C23H16FN3O4. The Bertz CT molecular complexity index is 1250. The van der Waals surface area contributed by atoms with E-state index in [1.54, 1.807) is 12.1 Å². The number of hydrogen-bond donors (Lipinski definition) is 1. The number of amides is 2. The van der Waals surface area contributed by atoms with E-state index in [9.17, 15) is 24.1 Å². The fourth-order valence-electron chi connectivity index (χ4n) is 3.36. The highest BCUT2D eigenvalue weighted by molar-refractivity contribution is 6.46. The highest BCUT2D eigenvalue weighted by Gasteiger charge is 2.41. The molecule has 0 fully saturated rings. The lowest BCUT2D eigenvalue weighted by atomic mass is 10.0. The molecule has 0 atom stereocenters. The van der Waals surface area contributed by atoms with Gasteiger partial charge >= 0.3 is 0 Å². The Balaban J connectivity index is 1.85. The Morgan fingerprint density at radius 2 is 1.55 bits per heavy atom. The van der Waals surface area contributed by atoms with Crippen molar-refractivity contribution in [2.24, 2.45) is 0 Å². The van der Waals surface area contributed by atoms with E-state index in [-0.39, 0.29) is 22.6 Å². The van der Waals surface area contributed by atoms with E-state index in [0.717, 1.165) is 16.5 Å². The number of nitrogens with zero attached hydrogens (tertiary/aromatic N) is 2. The van der Waals surface area contributed by atoms with Gasteiger partial charge in [0.25, 0.3) is 17.5 Å². The normalized spacial score (nSPS) is 13.7. The van der Waals surface area contributed by atoms with Crippen molar-refractivity contribution >= 4 is 34.4 Å². The van der Waals surface area contributed by atoms with Crippen molar-refractivity contribution in [3.8, 4) is 0 Å². The first kappa shape index (κ1) is 20.0. The van der Waals surface area contributed by atoms with E-state index in [1.165, 1.54) is 42.5 Å². The number of nitro groups is 1. The number of rotatable bonds is 5. The molecule has 0 aromatic heterocycles. The fraction of sp³-hybridized carbons (Fsp3) is 0.0435. The molecule has 0 saturated heterocycles. The molecule has 0 spiro atoms. The maximum absolute atomic E-state index is 14.4. The number of carbonyl (C=O) groups excluding carboxylic acids is 2. The number of halogens is 1. The van der Waals surface area contributed by atoms with Crippen LogP contribution in [0.1, 0.15) is 11.1 Å². The van der Waals surface area contributed by atoms with Crippen LogP contribution < -0.4 is 10.2 Å². The Kier molecular flexibility index (Phi) is 5.04. The molecule has 2 amide bonds. The summed E-state index contributed by atoms with van der Waals surface area (Å²) in [6.07, 6.45) is 0. The smallest absolute Gasteiger partial charge is 0.282 e. The first-order valence-electron chi connectivity index (χ1n) is 9.33. The van der Waals surface area contributed by atoms with Gasteiger partial charge in [0.2, 0.25) is 0 Å². The number of carbonyl (C=O) groups is 2. The fourth-order valence-corrected chi connectivity index (χ4v) is 3.36. The summed E-state index contributed by atoms with van der Waals surface area (Å²) in [5.74, 6) is -2.16. The SMILES string of the molecule is Cc1ccccc1NC1=C(c2ccc([N+](=O)[O-])cc2)C(=O)N(c2ccccc2F)C1=O. The van der Waals surface area contributed by atoms with Crippen LogP contribution in [0, 0.1) is 22.9 Å². The van der Waals surface area contributed by atoms with E-state index >= 15 is 0 Å². The minimum absolute atomic E-state index is 0.00593. The number of imide groups is 1. The van der Waals surface area contributed by atoms with Crippen molar-refractivity contribution < 1.29 is 18.9 Å². The van der Waals surface area contributed by atoms with Gasteiger partial charge in [-0.1, -0.05) is 30.3 Å². The lowest BCUT2D eigenvalue weighted by Crippen LogP contribution is -2.33. The topological polar surface area (TPSA) is 92.6 Å². The van der Waals surface area contributed by atoms with Crippen LogP contribution in [0.5, 0.6) is 0 Å². The zero-order valence-corrected chi connectivity index (χ0v) is 16.3. The number of non-ortho nitro benzene ring substituents is 1. The summed E-state index contributed by atoms with van der Waals surface area (Å²) >= 11 is 0. The van der Waals surface area contributed by atoms with Crippen molar-refractivity contribution in [3.05, 3.63) is 106 Å². The van der Waals surface area contributed by atoms with Gasteiger partial charge in [-0.25, -0.2) is 9.29 Å². The van der Waals surface area contributed by atoms with Crippen molar-refractivity contribution in [1.82, 2.24) is 0 Å². The molecule has 154 valence electrons. The van der Waals surface area contributed by atoms with Gasteiger partial charge in [-0.3, -0.25) is 19.7 Å². The average molecular weight is 417 g/mol. The van der Waals surface area contributed by atoms with Gasteiger partial charge < -0.3 is 5.32 Å². The first-order valence-corrected chi connectivity index (χ1v) is 9.33. The lowest BCUT2D eigenvalue weighted by molar-refractivity contribution is -0.384. The van der Waals surface area contributed by atoms with Crippen LogP contribution >= 0.6 is 0 Å². The average Bonchev–Trinajstić information content (AvgIpc) is 3.00. The van der Waals surface area contributed by atoms with Crippen LogP contribution in [0.2, 0.25) is 0 Å². The van der Waals surface area contributed by atoms with Crippen LogP contribution in [0.3, 0.4) is 0 Å². The van der Waals surface area contributed by atoms with Crippen molar-refractivity contribution in [1.29, 1.82) is 0 Å². The van der Waals surface area contributed by atoms with Crippen LogP contribution in [0.15, 0.2) is 78.5 Å². The number of para-hydroxylation sites is 2. The Morgan fingerprint density at radius 1 is 0.903 bits per heavy atom. The maximum Gasteiger partial charge on any atom is 0.282 e. The molecule has 8 heteroatoms. The summed E-state index contributed by atoms with van der Waals surface area (Å²) in [5.41, 5.74) is 1.40. The van der Waals surface area contributed by atoms with Gasteiger partial charge in [-0.05, 0) is 48.4 Å².